The topological polar surface area (TPSA) is 20.3 Å². The molecule has 1 aromatic carbocycles. The Kier molecular flexibility index (Phi) is 3.54. The Bertz CT molecular complexity index is 391. The van der Waals surface area contributed by atoms with Crippen LogP contribution in [0.1, 0.15) is 22.3 Å². The van der Waals surface area contributed by atoms with Crippen LogP contribution in [0.3, 0.4) is 0 Å². The number of carbonyl (C=O) groups excluding carboxylic acids is 1. The molecule has 1 atom stereocenters. The molecular weight excluding hydrogens is 218 g/mol. The van der Waals surface area contributed by atoms with Crippen molar-refractivity contribution in [3.8, 4) is 0 Å². The second kappa shape index (κ2) is 4.91. The summed E-state index contributed by atoms with van der Waals surface area (Å²) in [7, 11) is 0. The number of benzene rings is 1. The molecular formula is C13H17NOS. The summed E-state index contributed by atoms with van der Waals surface area (Å²) in [5.41, 5.74) is 1.92. The normalized spacial score (nSPS) is 20.1. The molecule has 3 heteroatoms. The van der Waals surface area contributed by atoms with Crippen LogP contribution in [0.25, 0.3) is 0 Å². The fourth-order valence-electron chi connectivity index (χ4n) is 2.09. The lowest BCUT2D eigenvalue weighted by molar-refractivity contribution is 0.0792. The minimum atomic E-state index is 0.189. The van der Waals surface area contributed by atoms with Crippen molar-refractivity contribution >= 4 is 17.7 Å². The zero-order valence-corrected chi connectivity index (χ0v) is 10.6. The third kappa shape index (κ3) is 2.24. The summed E-state index contributed by atoms with van der Waals surface area (Å²) in [6.45, 7) is 3.79. The van der Waals surface area contributed by atoms with Crippen molar-refractivity contribution in [3.05, 3.63) is 35.4 Å². The van der Waals surface area contributed by atoms with Gasteiger partial charge in [-0.25, -0.2) is 0 Å². The fraction of sp³-hybridized carbons (Fsp3) is 0.462. The first-order valence-electron chi connectivity index (χ1n) is 5.60. The maximum Gasteiger partial charge on any atom is 0.254 e. The minimum absolute atomic E-state index is 0.189. The molecule has 0 saturated carbocycles. The molecule has 0 aromatic heterocycles. The quantitative estimate of drug-likeness (QED) is 0.785. The van der Waals surface area contributed by atoms with Gasteiger partial charge in [-0.15, -0.1) is 0 Å². The number of nitrogens with zero attached hydrogens (tertiary/aromatic N) is 1. The fourth-order valence-corrected chi connectivity index (χ4v) is 2.76. The van der Waals surface area contributed by atoms with Gasteiger partial charge in [-0.05, 0) is 31.2 Å². The number of thioether (sulfide) groups is 1. The lowest BCUT2D eigenvalue weighted by atomic mass is 10.1. The molecule has 16 heavy (non-hydrogen) atoms. The van der Waals surface area contributed by atoms with E-state index in [0.29, 0.717) is 5.25 Å². The average molecular weight is 235 g/mol. The highest BCUT2D eigenvalue weighted by molar-refractivity contribution is 7.99. The summed E-state index contributed by atoms with van der Waals surface area (Å²) in [5.74, 6) is 0.189. The summed E-state index contributed by atoms with van der Waals surface area (Å²) in [5, 5.41) is 0.618. The zero-order valence-electron chi connectivity index (χ0n) is 9.77. The van der Waals surface area contributed by atoms with Crippen molar-refractivity contribution in [2.24, 2.45) is 0 Å². The summed E-state index contributed by atoms with van der Waals surface area (Å²) in [6.07, 6.45) is 3.24. The predicted octanol–water partition coefficient (Wildman–Crippen LogP) is 2.57. The molecule has 86 valence electrons. The molecule has 0 unspecified atom stereocenters. The Balaban J connectivity index is 2.12. The average Bonchev–Trinajstić information content (AvgIpc) is 2.77. The lowest BCUT2D eigenvalue weighted by Gasteiger charge is -2.17. The van der Waals surface area contributed by atoms with Gasteiger partial charge >= 0.3 is 0 Å². The molecule has 0 N–H and O–H groups in total. The predicted molar refractivity (Wildman–Crippen MR) is 69.0 cm³/mol. The highest BCUT2D eigenvalue weighted by Crippen LogP contribution is 2.22. The summed E-state index contributed by atoms with van der Waals surface area (Å²) < 4.78 is 0. The van der Waals surface area contributed by atoms with Gasteiger partial charge in [-0.2, -0.15) is 11.8 Å². The van der Waals surface area contributed by atoms with E-state index in [-0.39, 0.29) is 5.91 Å². The van der Waals surface area contributed by atoms with Gasteiger partial charge in [0, 0.05) is 23.9 Å². The standard InChI is InChI=1S/C13H17NOS/c1-10-5-3-4-6-12(10)13(15)14-8-7-11(9-14)16-2/h3-6,11H,7-9H2,1-2H3/t11-/m0/s1. The Morgan fingerprint density at radius 3 is 2.81 bits per heavy atom. The first-order valence-corrected chi connectivity index (χ1v) is 6.89. The molecule has 1 amide bonds. The summed E-state index contributed by atoms with van der Waals surface area (Å²) in [4.78, 5) is 14.2. The SMILES string of the molecule is CS[C@H]1CCN(C(=O)c2ccccc2C)C1. The first kappa shape index (κ1) is 11.5. The molecule has 0 aliphatic carbocycles. The van der Waals surface area contributed by atoms with Gasteiger partial charge in [0.1, 0.15) is 0 Å². The van der Waals surface area contributed by atoms with Crippen molar-refractivity contribution in [3.63, 3.8) is 0 Å². The van der Waals surface area contributed by atoms with Gasteiger partial charge in [0.15, 0.2) is 0 Å². The van der Waals surface area contributed by atoms with E-state index in [0.717, 1.165) is 30.6 Å². The van der Waals surface area contributed by atoms with Crippen LogP contribution in [0, 0.1) is 6.92 Å². The van der Waals surface area contributed by atoms with Gasteiger partial charge in [0.25, 0.3) is 5.91 Å². The molecule has 2 nitrogen and oxygen atoms in total. The van der Waals surface area contributed by atoms with Gasteiger partial charge < -0.3 is 4.90 Å². The van der Waals surface area contributed by atoms with Gasteiger partial charge in [0.05, 0.1) is 0 Å². The zero-order chi connectivity index (χ0) is 11.5. The molecule has 1 fully saturated rings. The molecule has 0 spiro atoms. The van der Waals surface area contributed by atoms with E-state index in [2.05, 4.69) is 6.26 Å². The number of amides is 1. The van der Waals surface area contributed by atoms with E-state index in [1.54, 1.807) is 0 Å². The van der Waals surface area contributed by atoms with Crippen molar-refractivity contribution in [1.82, 2.24) is 4.90 Å². The molecule has 1 aliphatic heterocycles. The third-order valence-corrected chi connectivity index (χ3v) is 4.19. The molecule has 2 rings (SSSR count). The Hall–Kier alpha value is -0.960. The Morgan fingerprint density at radius 2 is 2.19 bits per heavy atom. The van der Waals surface area contributed by atoms with Crippen molar-refractivity contribution in [1.29, 1.82) is 0 Å². The number of hydrogen-bond donors (Lipinski definition) is 0. The monoisotopic (exact) mass is 235 g/mol. The number of rotatable bonds is 2. The second-order valence-corrected chi connectivity index (χ2v) is 5.35. The van der Waals surface area contributed by atoms with E-state index < -0.39 is 0 Å². The lowest BCUT2D eigenvalue weighted by Crippen LogP contribution is -2.29. The summed E-state index contributed by atoms with van der Waals surface area (Å²) >= 11 is 1.86. The Labute approximate surface area is 101 Å². The van der Waals surface area contributed by atoms with Gasteiger partial charge in [0.2, 0.25) is 0 Å². The van der Waals surface area contributed by atoms with Gasteiger partial charge in [-0.3, -0.25) is 4.79 Å². The van der Waals surface area contributed by atoms with Crippen LogP contribution in [-0.4, -0.2) is 35.4 Å². The van der Waals surface area contributed by atoms with Crippen LogP contribution in [0.5, 0.6) is 0 Å². The van der Waals surface area contributed by atoms with Crippen LogP contribution in [-0.2, 0) is 0 Å². The van der Waals surface area contributed by atoms with E-state index in [1.807, 2.05) is 47.9 Å². The van der Waals surface area contributed by atoms with E-state index in [4.69, 9.17) is 0 Å². The Morgan fingerprint density at radius 1 is 1.44 bits per heavy atom. The van der Waals surface area contributed by atoms with E-state index in [1.165, 1.54) is 0 Å². The van der Waals surface area contributed by atoms with E-state index in [9.17, 15) is 4.79 Å². The van der Waals surface area contributed by atoms with Crippen molar-refractivity contribution in [2.75, 3.05) is 19.3 Å². The minimum Gasteiger partial charge on any atom is -0.337 e. The highest BCUT2D eigenvalue weighted by Gasteiger charge is 2.26. The van der Waals surface area contributed by atoms with Crippen LogP contribution in [0.15, 0.2) is 24.3 Å². The van der Waals surface area contributed by atoms with Crippen LogP contribution in [0.4, 0.5) is 0 Å². The number of aryl methyl sites for hydroxylation is 1. The van der Waals surface area contributed by atoms with Crippen LogP contribution >= 0.6 is 11.8 Å². The third-order valence-electron chi connectivity index (χ3n) is 3.14. The van der Waals surface area contributed by atoms with Crippen molar-refractivity contribution in [2.45, 2.75) is 18.6 Å². The maximum absolute atomic E-state index is 12.2. The number of hydrogen-bond acceptors (Lipinski definition) is 2. The summed E-state index contributed by atoms with van der Waals surface area (Å²) in [6, 6.07) is 7.82. The maximum atomic E-state index is 12.2. The first-order chi connectivity index (χ1) is 7.72. The molecule has 1 heterocycles. The molecule has 1 aromatic rings. The molecule has 1 saturated heterocycles. The second-order valence-electron chi connectivity index (χ2n) is 4.21. The largest absolute Gasteiger partial charge is 0.337 e. The number of likely N-dealkylation sites (tertiary alicyclic amines) is 1. The van der Waals surface area contributed by atoms with Crippen LogP contribution in [0.2, 0.25) is 0 Å². The molecule has 1 aliphatic rings. The smallest absolute Gasteiger partial charge is 0.254 e. The van der Waals surface area contributed by atoms with E-state index >= 15 is 0 Å². The van der Waals surface area contributed by atoms with Crippen molar-refractivity contribution < 1.29 is 4.79 Å². The molecule has 0 bridgehead atoms. The molecule has 0 radical (unpaired) electrons. The highest BCUT2D eigenvalue weighted by atomic mass is 32.2. The van der Waals surface area contributed by atoms with Crippen LogP contribution < -0.4 is 0 Å². The van der Waals surface area contributed by atoms with Gasteiger partial charge in [-0.1, -0.05) is 18.2 Å². The number of carbonyl (C=O) groups is 1.